The molecule has 0 N–H and O–H groups in total. The van der Waals surface area contributed by atoms with Crippen LogP contribution >= 0.6 is 0 Å². The van der Waals surface area contributed by atoms with E-state index in [4.69, 9.17) is 9.47 Å². The SMILES string of the molecule is C=CCN(CC=C)C(=O)COC(=O)Cc1ccc2cc(OC)ccc2c1. The van der Waals surface area contributed by atoms with Crippen LogP contribution in [0.15, 0.2) is 61.7 Å². The Balaban J connectivity index is 1.94. The number of esters is 1. The van der Waals surface area contributed by atoms with Crippen LogP contribution in [0.4, 0.5) is 0 Å². The molecule has 1 amide bonds. The van der Waals surface area contributed by atoms with Crippen LogP contribution in [0.1, 0.15) is 5.56 Å². The van der Waals surface area contributed by atoms with Gasteiger partial charge in [-0.2, -0.15) is 0 Å². The summed E-state index contributed by atoms with van der Waals surface area (Å²) in [7, 11) is 1.62. The smallest absolute Gasteiger partial charge is 0.310 e. The molecule has 0 heterocycles. The molecule has 26 heavy (non-hydrogen) atoms. The Morgan fingerprint density at radius 2 is 1.69 bits per heavy atom. The summed E-state index contributed by atoms with van der Waals surface area (Å²) in [5.74, 6) is 0.0684. The van der Waals surface area contributed by atoms with E-state index in [1.165, 1.54) is 4.90 Å². The molecule has 0 radical (unpaired) electrons. The molecule has 5 nitrogen and oxygen atoms in total. The van der Waals surface area contributed by atoms with Gasteiger partial charge in [-0.1, -0.05) is 36.4 Å². The fourth-order valence-corrected chi connectivity index (χ4v) is 2.55. The van der Waals surface area contributed by atoms with Gasteiger partial charge in [-0.15, -0.1) is 13.2 Å². The number of ether oxygens (including phenoxy) is 2. The molecule has 0 spiro atoms. The van der Waals surface area contributed by atoms with E-state index in [1.54, 1.807) is 19.3 Å². The van der Waals surface area contributed by atoms with E-state index in [0.717, 1.165) is 22.1 Å². The second kappa shape index (κ2) is 9.42. The topological polar surface area (TPSA) is 55.8 Å². The van der Waals surface area contributed by atoms with Crippen molar-refractivity contribution in [3.05, 3.63) is 67.3 Å². The van der Waals surface area contributed by atoms with Crippen molar-refractivity contribution in [2.75, 3.05) is 26.8 Å². The fourth-order valence-electron chi connectivity index (χ4n) is 2.55. The lowest BCUT2D eigenvalue weighted by Gasteiger charge is -2.18. The van der Waals surface area contributed by atoms with Crippen molar-refractivity contribution in [2.45, 2.75) is 6.42 Å². The average molecular weight is 353 g/mol. The fraction of sp³-hybridized carbons (Fsp3) is 0.238. The van der Waals surface area contributed by atoms with Gasteiger partial charge in [0.25, 0.3) is 5.91 Å². The van der Waals surface area contributed by atoms with E-state index in [-0.39, 0.29) is 18.9 Å². The zero-order valence-electron chi connectivity index (χ0n) is 14.9. The second-order valence-electron chi connectivity index (χ2n) is 5.76. The van der Waals surface area contributed by atoms with Gasteiger partial charge in [-0.3, -0.25) is 9.59 Å². The van der Waals surface area contributed by atoms with Gasteiger partial charge >= 0.3 is 5.97 Å². The molecule has 0 unspecified atom stereocenters. The second-order valence-corrected chi connectivity index (χ2v) is 5.76. The van der Waals surface area contributed by atoms with Crippen LogP contribution in [0.2, 0.25) is 0 Å². The summed E-state index contributed by atoms with van der Waals surface area (Å²) in [4.78, 5) is 25.6. The molecule has 5 heteroatoms. The number of fused-ring (bicyclic) bond motifs is 1. The molecule has 0 aliphatic rings. The molecule has 0 aliphatic heterocycles. The number of rotatable bonds is 9. The highest BCUT2D eigenvalue weighted by atomic mass is 16.5. The minimum Gasteiger partial charge on any atom is -0.497 e. The molecule has 0 aromatic heterocycles. The lowest BCUT2D eigenvalue weighted by Crippen LogP contribution is -2.35. The minimum absolute atomic E-state index is 0.109. The Morgan fingerprint density at radius 1 is 1.04 bits per heavy atom. The molecular formula is C21H23NO4. The first-order valence-electron chi connectivity index (χ1n) is 8.29. The van der Waals surface area contributed by atoms with Gasteiger partial charge in [0.1, 0.15) is 5.75 Å². The van der Waals surface area contributed by atoms with Crippen LogP contribution in [0.3, 0.4) is 0 Å². The van der Waals surface area contributed by atoms with Crippen LogP contribution < -0.4 is 4.74 Å². The van der Waals surface area contributed by atoms with Crippen LogP contribution in [-0.4, -0.2) is 43.6 Å². The average Bonchev–Trinajstić information content (AvgIpc) is 2.65. The number of carbonyl (C=O) groups excluding carboxylic acids is 2. The summed E-state index contributed by atoms with van der Waals surface area (Å²) in [5.41, 5.74) is 0.828. The molecular weight excluding hydrogens is 330 g/mol. The molecule has 0 bridgehead atoms. The van der Waals surface area contributed by atoms with Crippen LogP contribution in [0.25, 0.3) is 10.8 Å². The lowest BCUT2D eigenvalue weighted by atomic mass is 10.0. The molecule has 0 aliphatic carbocycles. The predicted molar refractivity (Wildman–Crippen MR) is 102 cm³/mol. The zero-order valence-corrected chi connectivity index (χ0v) is 14.9. The highest BCUT2D eigenvalue weighted by Gasteiger charge is 2.14. The Hall–Kier alpha value is -3.08. The quantitative estimate of drug-likeness (QED) is 0.513. The lowest BCUT2D eigenvalue weighted by molar-refractivity contribution is -0.151. The first kappa shape index (κ1) is 19.2. The minimum atomic E-state index is -0.441. The van der Waals surface area contributed by atoms with E-state index in [1.807, 2.05) is 36.4 Å². The van der Waals surface area contributed by atoms with Gasteiger partial charge in [0.15, 0.2) is 6.61 Å². The summed E-state index contributed by atoms with van der Waals surface area (Å²) < 4.78 is 10.3. The van der Waals surface area contributed by atoms with Gasteiger partial charge < -0.3 is 14.4 Å². The number of carbonyl (C=O) groups is 2. The normalized spacial score (nSPS) is 10.2. The van der Waals surface area contributed by atoms with Gasteiger partial charge in [0, 0.05) is 13.1 Å². The van der Waals surface area contributed by atoms with Gasteiger partial charge in [-0.25, -0.2) is 0 Å². The van der Waals surface area contributed by atoms with Crippen molar-refractivity contribution >= 4 is 22.6 Å². The molecule has 0 saturated heterocycles. The highest BCUT2D eigenvalue weighted by molar-refractivity contribution is 5.86. The largest absolute Gasteiger partial charge is 0.497 e. The summed E-state index contributed by atoms with van der Waals surface area (Å²) in [6.07, 6.45) is 3.35. The number of methoxy groups -OCH3 is 1. The van der Waals surface area contributed by atoms with Crippen molar-refractivity contribution < 1.29 is 19.1 Å². The van der Waals surface area contributed by atoms with Crippen LogP contribution in [-0.2, 0) is 20.7 Å². The van der Waals surface area contributed by atoms with Gasteiger partial charge in [0.05, 0.1) is 13.5 Å². The van der Waals surface area contributed by atoms with E-state index in [0.29, 0.717) is 13.1 Å². The van der Waals surface area contributed by atoms with Crippen molar-refractivity contribution in [3.8, 4) is 5.75 Å². The number of benzene rings is 2. The predicted octanol–water partition coefficient (Wildman–Crippen LogP) is 3.13. The standard InChI is InChI=1S/C21H23NO4/c1-4-10-22(11-5-2)20(23)15-26-21(24)13-16-6-7-18-14-19(25-3)9-8-17(18)12-16/h4-9,12,14H,1-2,10-11,13,15H2,3H3. The summed E-state index contributed by atoms with van der Waals surface area (Å²) >= 11 is 0. The summed E-state index contributed by atoms with van der Waals surface area (Å²) in [6, 6.07) is 11.5. The number of amides is 1. The molecule has 2 rings (SSSR count). The maximum atomic E-state index is 12.1. The van der Waals surface area contributed by atoms with Gasteiger partial charge in [-0.05, 0) is 28.5 Å². The first-order valence-corrected chi connectivity index (χ1v) is 8.29. The molecule has 0 saturated carbocycles. The molecule has 2 aromatic rings. The Morgan fingerprint density at radius 3 is 2.35 bits per heavy atom. The van der Waals surface area contributed by atoms with Crippen LogP contribution in [0.5, 0.6) is 5.75 Å². The van der Waals surface area contributed by atoms with Crippen molar-refractivity contribution in [1.29, 1.82) is 0 Å². The van der Waals surface area contributed by atoms with E-state index in [9.17, 15) is 9.59 Å². The van der Waals surface area contributed by atoms with E-state index >= 15 is 0 Å². The molecule has 2 aromatic carbocycles. The number of nitrogens with zero attached hydrogens (tertiary/aromatic N) is 1. The maximum Gasteiger partial charge on any atom is 0.310 e. The Bertz CT molecular complexity index is 803. The third-order valence-electron chi connectivity index (χ3n) is 3.87. The van der Waals surface area contributed by atoms with Crippen molar-refractivity contribution in [3.63, 3.8) is 0 Å². The van der Waals surface area contributed by atoms with Gasteiger partial charge in [0.2, 0.25) is 0 Å². The third-order valence-corrected chi connectivity index (χ3v) is 3.87. The van der Waals surface area contributed by atoms with E-state index in [2.05, 4.69) is 13.2 Å². The monoisotopic (exact) mass is 353 g/mol. The molecule has 136 valence electrons. The van der Waals surface area contributed by atoms with Crippen molar-refractivity contribution in [2.24, 2.45) is 0 Å². The van der Waals surface area contributed by atoms with Crippen LogP contribution in [0, 0.1) is 0 Å². The Labute approximate surface area is 153 Å². The maximum absolute atomic E-state index is 12.1. The van der Waals surface area contributed by atoms with E-state index < -0.39 is 5.97 Å². The first-order chi connectivity index (χ1) is 12.6. The molecule has 0 fully saturated rings. The number of hydrogen-bond donors (Lipinski definition) is 0. The zero-order chi connectivity index (χ0) is 18.9. The summed E-state index contributed by atoms with van der Waals surface area (Å²) in [5, 5.41) is 2.04. The summed E-state index contributed by atoms with van der Waals surface area (Å²) in [6.45, 7) is 7.70. The highest BCUT2D eigenvalue weighted by Crippen LogP contribution is 2.22. The third kappa shape index (κ3) is 5.21. The Kier molecular flexibility index (Phi) is 6.97. The number of hydrogen-bond acceptors (Lipinski definition) is 4. The van der Waals surface area contributed by atoms with Crippen molar-refractivity contribution in [1.82, 2.24) is 4.90 Å². The molecule has 0 atom stereocenters.